The number of carbonyl (C=O) groups is 1. The van der Waals surface area contributed by atoms with E-state index >= 15 is 0 Å². The van der Waals surface area contributed by atoms with Crippen LogP contribution < -0.4 is 0 Å². The molecular formula is C14H17ClO2. The Labute approximate surface area is 107 Å². The Morgan fingerprint density at radius 3 is 2.59 bits per heavy atom. The number of hydrogen-bond donors (Lipinski definition) is 0. The van der Waals surface area contributed by atoms with Gasteiger partial charge in [0, 0.05) is 12.2 Å². The second-order valence-corrected chi connectivity index (χ2v) is 4.22. The summed E-state index contributed by atoms with van der Waals surface area (Å²) in [6.07, 6.45) is 2.44. The Hall–Kier alpha value is -1.12. The zero-order valence-electron chi connectivity index (χ0n) is 9.82. The molecule has 0 amide bonds. The third-order valence-corrected chi connectivity index (χ3v) is 2.67. The first kappa shape index (κ1) is 13.9. The van der Waals surface area contributed by atoms with E-state index < -0.39 is 5.24 Å². The summed E-state index contributed by atoms with van der Waals surface area (Å²) in [6, 6.07) is 10.0. The van der Waals surface area contributed by atoms with Crippen molar-refractivity contribution in [3.05, 3.63) is 48.0 Å². The molecule has 0 radical (unpaired) electrons. The normalized spacial score (nSPS) is 10.2. The lowest BCUT2D eigenvalue weighted by molar-refractivity contribution is -0.108. The van der Waals surface area contributed by atoms with Gasteiger partial charge in [-0.2, -0.15) is 0 Å². The number of hydrogen-bond acceptors (Lipinski definition) is 2. The van der Waals surface area contributed by atoms with Gasteiger partial charge in [-0.25, -0.2) is 0 Å². The van der Waals surface area contributed by atoms with Crippen LogP contribution in [0.15, 0.2) is 42.5 Å². The second-order valence-electron chi connectivity index (χ2n) is 3.87. The molecule has 0 N–H and O–H groups in total. The van der Waals surface area contributed by atoms with Crippen LogP contribution in [-0.4, -0.2) is 11.8 Å². The molecule has 1 aromatic carbocycles. The van der Waals surface area contributed by atoms with Crippen molar-refractivity contribution in [3.63, 3.8) is 0 Å². The molecule has 0 fully saturated rings. The van der Waals surface area contributed by atoms with E-state index in [4.69, 9.17) is 16.3 Å². The molecule has 1 rings (SSSR count). The largest absolute Gasteiger partial charge is 0.377 e. The number of halogens is 1. The Balaban J connectivity index is 2.02. The van der Waals surface area contributed by atoms with E-state index in [2.05, 4.69) is 6.58 Å². The molecule has 0 bridgehead atoms. The highest BCUT2D eigenvalue weighted by molar-refractivity contribution is 6.67. The Morgan fingerprint density at radius 2 is 1.94 bits per heavy atom. The fourth-order valence-corrected chi connectivity index (χ4v) is 1.50. The van der Waals surface area contributed by atoms with Gasteiger partial charge in [-0.15, -0.1) is 0 Å². The topological polar surface area (TPSA) is 26.3 Å². The van der Waals surface area contributed by atoms with Crippen molar-refractivity contribution >= 4 is 16.8 Å². The van der Waals surface area contributed by atoms with Gasteiger partial charge >= 0.3 is 0 Å². The Kier molecular flexibility index (Phi) is 6.60. The molecule has 17 heavy (non-hydrogen) atoms. The molecule has 0 saturated carbocycles. The first-order valence-corrected chi connectivity index (χ1v) is 6.07. The maximum absolute atomic E-state index is 10.7. The number of allylic oxidation sites excluding steroid dienone is 1. The van der Waals surface area contributed by atoms with Gasteiger partial charge in [-0.3, -0.25) is 4.79 Å². The lowest BCUT2D eigenvalue weighted by atomic mass is 10.1. The van der Waals surface area contributed by atoms with Gasteiger partial charge in [-0.1, -0.05) is 36.9 Å². The number of ether oxygens (including phenoxy) is 1. The molecular weight excluding hydrogens is 236 g/mol. The van der Waals surface area contributed by atoms with Crippen LogP contribution in [0.4, 0.5) is 0 Å². The average molecular weight is 253 g/mol. The summed E-state index contributed by atoms with van der Waals surface area (Å²) >= 11 is 5.28. The van der Waals surface area contributed by atoms with Crippen molar-refractivity contribution in [1.29, 1.82) is 0 Å². The highest BCUT2D eigenvalue weighted by atomic mass is 35.5. The highest BCUT2D eigenvalue weighted by Gasteiger charge is 2.01. The van der Waals surface area contributed by atoms with E-state index in [1.54, 1.807) is 0 Å². The molecule has 92 valence electrons. The summed E-state index contributed by atoms with van der Waals surface area (Å²) in [7, 11) is 0. The standard InChI is InChI=1S/C14H17ClO2/c1-12(14(15)16)7-5-6-10-17-11-13-8-3-2-4-9-13/h2-4,8-9H,1,5-7,10-11H2. The predicted octanol–water partition coefficient (Wildman–Crippen LogP) is 3.70. The summed E-state index contributed by atoms with van der Waals surface area (Å²) < 4.78 is 5.51. The van der Waals surface area contributed by atoms with Crippen molar-refractivity contribution < 1.29 is 9.53 Å². The van der Waals surface area contributed by atoms with Gasteiger partial charge in [0.2, 0.25) is 5.24 Å². The minimum atomic E-state index is -0.435. The first-order valence-electron chi connectivity index (χ1n) is 5.69. The molecule has 0 unspecified atom stereocenters. The maximum Gasteiger partial charge on any atom is 0.247 e. The van der Waals surface area contributed by atoms with E-state index in [0.717, 1.165) is 12.8 Å². The third-order valence-electron chi connectivity index (χ3n) is 2.41. The number of unbranched alkanes of at least 4 members (excludes halogenated alkanes) is 1. The molecule has 0 aromatic heterocycles. The molecule has 0 heterocycles. The molecule has 0 saturated heterocycles. The minimum Gasteiger partial charge on any atom is -0.377 e. The number of rotatable bonds is 8. The summed E-state index contributed by atoms with van der Waals surface area (Å²) in [5, 5.41) is -0.435. The molecule has 3 heteroatoms. The highest BCUT2D eigenvalue weighted by Crippen LogP contribution is 2.09. The van der Waals surface area contributed by atoms with Crippen molar-refractivity contribution in [2.24, 2.45) is 0 Å². The van der Waals surface area contributed by atoms with Crippen LogP contribution in [-0.2, 0) is 16.1 Å². The average Bonchev–Trinajstić information content (AvgIpc) is 2.34. The molecule has 0 atom stereocenters. The monoisotopic (exact) mass is 252 g/mol. The fourth-order valence-electron chi connectivity index (χ4n) is 1.41. The quantitative estimate of drug-likeness (QED) is 0.401. The molecule has 0 spiro atoms. The van der Waals surface area contributed by atoms with Gasteiger partial charge in [0.15, 0.2) is 0 Å². The number of benzene rings is 1. The smallest absolute Gasteiger partial charge is 0.247 e. The van der Waals surface area contributed by atoms with Crippen molar-refractivity contribution in [2.45, 2.75) is 25.9 Å². The maximum atomic E-state index is 10.7. The molecule has 0 aliphatic rings. The zero-order chi connectivity index (χ0) is 12.5. The Morgan fingerprint density at radius 1 is 1.24 bits per heavy atom. The van der Waals surface area contributed by atoms with E-state index in [9.17, 15) is 4.79 Å². The molecule has 0 aliphatic carbocycles. The van der Waals surface area contributed by atoms with Gasteiger partial charge in [-0.05, 0) is 36.4 Å². The summed E-state index contributed by atoms with van der Waals surface area (Å²) in [5.74, 6) is 0. The SMILES string of the molecule is C=C(CCCCOCc1ccccc1)C(=O)Cl. The van der Waals surface area contributed by atoms with E-state index in [-0.39, 0.29) is 0 Å². The second kappa shape index (κ2) is 8.04. The van der Waals surface area contributed by atoms with Crippen molar-refractivity contribution in [2.75, 3.05) is 6.61 Å². The third kappa shape index (κ3) is 6.25. The Bertz CT molecular complexity index is 360. The van der Waals surface area contributed by atoms with Crippen LogP contribution >= 0.6 is 11.6 Å². The summed E-state index contributed by atoms with van der Waals surface area (Å²) in [4.78, 5) is 10.7. The van der Waals surface area contributed by atoms with Crippen LogP contribution in [0.5, 0.6) is 0 Å². The zero-order valence-corrected chi connectivity index (χ0v) is 10.6. The van der Waals surface area contributed by atoms with Crippen LogP contribution in [0, 0.1) is 0 Å². The lowest BCUT2D eigenvalue weighted by Crippen LogP contribution is -1.97. The fraction of sp³-hybridized carbons (Fsp3) is 0.357. The van der Waals surface area contributed by atoms with Gasteiger partial charge in [0.1, 0.15) is 0 Å². The van der Waals surface area contributed by atoms with Crippen LogP contribution in [0.25, 0.3) is 0 Å². The summed E-state index contributed by atoms with van der Waals surface area (Å²) in [5.41, 5.74) is 1.66. The molecule has 2 nitrogen and oxygen atoms in total. The lowest BCUT2D eigenvalue weighted by Gasteiger charge is -2.04. The van der Waals surface area contributed by atoms with Gasteiger partial charge in [0.05, 0.1) is 6.61 Å². The van der Waals surface area contributed by atoms with Gasteiger partial charge in [0.25, 0.3) is 0 Å². The number of carbonyl (C=O) groups excluding carboxylic acids is 1. The van der Waals surface area contributed by atoms with Gasteiger partial charge < -0.3 is 4.74 Å². The predicted molar refractivity (Wildman–Crippen MR) is 69.9 cm³/mol. The van der Waals surface area contributed by atoms with Crippen molar-refractivity contribution in [3.8, 4) is 0 Å². The van der Waals surface area contributed by atoms with E-state index in [1.165, 1.54) is 5.56 Å². The minimum absolute atomic E-state index is 0.435. The first-order chi connectivity index (χ1) is 8.20. The van der Waals surface area contributed by atoms with E-state index in [1.807, 2.05) is 30.3 Å². The van der Waals surface area contributed by atoms with E-state index in [0.29, 0.717) is 25.2 Å². The van der Waals surface area contributed by atoms with Crippen LogP contribution in [0.1, 0.15) is 24.8 Å². The molecule has 1 aromatic rings. The van der Waals surface area contributed by atoms with Crippen LogP contribution in [0.2, 0.25) is 0 Å². The summed E-state index contributed by atoms with van der Waals surface area (Å²) in [6.45, 7) is 4.93. The van der Waals surface area contributed by atoms with Crippen LogP contribution in [0.3, 0.4) is 0 Å². The molecule has 0 aliphatic heterocycles. The van der Waals surface area contributed by atoms with Crippen molar-refractivity contribution in [1.82, 2.24) is 0 Å².